The van der Waals surface area contributed by atoms with Gasteiger partial charge in [0.15, 0.2) is 0 Å². The molecule has 3 nitrogen and oxygen atoms in total. The Kier molecular flexibility index (Phi) is 3.13. The van der Waals surface area contributed by atoms with Crippen LogP contribution < -0.4 is 10.6 Å². The number of nitrogens with one attached hydrogen (secondary N) is 2. The van der Waals surface area contributed by atoms with E-state index in [1.54, 1.807) is 0 Å². The van der Waals surface area contributed by atoms with Crippen molar-refractivity contribution in [1.82, 2.24) is 10.6 Å². The van der Waals surface area contributed by atoms with Gasteiger partial charge in [0.1, 0.15) is 4.88 Å². The topological polar surface area (TPSA) is 41.1 Å². The molecule has 15 heavy (non-hydrogen) atoms. The highest BCUT2D eigenvalue weighted by molar-refractivity contribution is 9.10. The lowest BCUT2D eigenvalue weighted by Gasteiger charge is -2.24. The smallest absolute Gasteiger partial charge is 0.262 e. The second-order valence-electron chi connectivity index (χ2n) is 4.04. The summed E-state index contributed by atoms with van der Waals surface area (Å²) in [6, 6.07) is 1.90. The van der Waals surface area contributed by atoms with Crippen LogP contribution in [0.15, 0.2) is 15.9 Å². The van der Waals surface area contributed by atoms with E-state index in [4.69, 9.17) is 0 Å². The second kappa shape index (κ2) is 4.23. The zero-order valence-corrected chi connectivity index (χ0v) is 10.9. The SMILES string of the molecule is CC1(NC(=O)c2sccc2Br)CCNC1. The molecule has 5 heteroatoms. The van der Waals surface area contributed by atoms with E-state index in [9.17, 15) is 4.79 Å². The zero-order chi connectivity index (χ0) is 10.9. The average Bonchev–Trinajstić information content (AvgIpc) is 2.74. The summed E-state index contributed by atoms with van der Waals surface area (Å²) in [5.74, 6) is 0.0167. The predicted octanol–water partition coefficient (Wildman–Crippen LogP) is 1.99. The Morgan fingerprint density at radius 3 is 3.07 bits per heavy atom. The van der Waals surface area contributed by atoms with Gasteiger partial charge in [0.25, 0.3) is 5.91 Å². The van der Waals surface area contributed by atoms with Crippen molar-refractivity contribution >= 4 is 33.2 Å². The number of hydrogen-bond acceptors (Lipinski definition) is 3. The van der Waals surface area contributed by atoms with E-state index in [2.05, 4.69) is 33.5 Å². The van der Waals surface area contributed by atoms with Crippen LogP contribution in [0.4, 0.5) is 0 Å². The molecular weight excluding hydrogens is 276 g/mol. The van der Waals surface area contributed by atoms with E-state index < -0.39 is 0 Å². The van der Waals surface area contributed by atoms with E-state index in [0.29, 0.717) is 0 Å². The number of hydrogen-bond donors (Lipinski definition) is 2. The summed E-state index contributed by atoms with van der Waals surface area (Å²) < 4.78 is 0.875. The highest BCUT2D eigenvalue weighted by Gasteiger charge is 2.30. The lowest BCUT2D eigenvalue weighted by atomic mass is 10.0. The van der Waals surface area contributed by atoms with E-state index in [1.165, 1.54) is 11.3 Å². The van der Waals surface area contributed by atoms with Crippen molar-refractivity contribution in [3.63, 3.8) is 0 Å². The highest BCUT2D eigenvalue weighted by Crippen LogP contribution is 2.24. The van der Waals surface area contributed by atoms with Gasteiger partial charge in [-0.1, -0.05) is 0 Å². The van der Waals surface area contributed by atoms with Gasteiger partial charge in [-0.05, 0) is 47.3 Å². The van der Waals surface area contributed by atoms with Gasteiger partial charge in [-0.25, -0.2) is 0 Å². The average molecular weight is 289 g/mol. The molecule has 1 unspecified atom stereocenters. The van der Waals surface area contributed by atoms with Gasteiger partial charge in [-0.15, -0.1) is 11.3 Å². The third kappa shape index (κ3) is 2.41. The van der Waals surface area contributed by atoms with Crippen LogP contribution in [-0.4, -0.2) is 24.5 Å². The molecule has 1 fully saturated rings. The number of amides is 1. The molecule has 1 aliphatic heterocycles. The fourth-order valence-corrected chi connectivity index (χ4v) is 3.16. The van der Waals surface area contributed by atoms with Crippen LogP contribution in [0.2, 0.25) is 0 Å². The van der Waals surface area contributed by atoms with Crippen molar-refractivity contribution in [2.75, 3.05) is 13.1 Å². The molecule has 2 N–H and O–H groups in total. The van der Waals surface area contributed by atoms with Gasteiger partial charge in [-0.2, -0.15) is 0 Å². The van der Waals surface area contributed by atoms with Gasteiger partial charge in [0.05, 0.1) is 5.54 Å². The van der Waals surface area contributed by atoms with Crippen LogP contribution >= 0.6 is 27.3 Å². The largest absolute Gasteiger partial charge is 0.345 e. The number of rotatable bonds is 2. The minimum Gasteiger partial charge on any atom is -0.345 e. The van der Waals surface area contributed by atoms with Crippen LogP contribution in [0.3, 0.4) is 0 Å². The Hall–Kier alpha value is -0.390. The lowest BCUT2D eigenvalue weighted by molar-refractivity contribution is 0.0916. The minimum absolute atomic E-state index is 0.0167. The van der Waals surface area contributed by atoms with E-state index >= 15 is 0 Å². The Bertz CT molecular complexity index is 371. The molecule has 0 spiro atoms. The number of carbonyl (C=O) groups is 1. The zero-order valence-electron chi connectivity index (χ0n) is 8.47. The Labute approximate surface area is 101 Å². The van der Waals surface area contributed by atoms with Crippen molar-refractivity contribution < 1.29 is 4.79 Å². The number of thiophene rings is 1. The monoisotopic (exact) mass is 288 g/mol. The van der Waals surface area contributed by atoms with Crippen molar-refractivity contribution in [1.29, 1.82) is 0 Å². The fraction of sp³-hybridized carbons (Fsp3) is 0.500. The van der Waals surface area contributed by atoms with Gasteiger partial charge in [-0.3, -0.25) is 4.79 Å². The molecule has 2 heterocycles. The third-order valence-electron chi connectivity index (χ3n) is 2.61. The Morgan fingerprint density at radius 2 is 2.53 bits per heavy atom. The molecule has 0 aromatic carbocycles. The first-order chi connectivity index (χ1) is 7.11. The molecule has 0 saturated carbocycles. The van der Waals surface area contributed by atoms with Crippen LogP contribution in [0.5, 0.6) is 0 Å². The Morgan fingerprint density at radius 1 is 1.73 bits per heavy atom. The number of halogens is 1. The van der Waals surface area contributed by atoms with Crippen LogP contribution in [0.25, 0.3) is 0 Å². The summed E-state index contributed by atoms with van der Waals surface area (Å²) in [7, 11) is 0. The van der Waals surface area contributed by atoms with Crippen molar-refractivity contribution in [2.45, 2.75) is 18.9 Å². The summed E-state index contributed by atoms with van der Waals surface area (Å²) in [5.41, 5.74) is -0.0967. The number of carbonyl (C=O) groups excluding carboxylic acids is 1. The summed E-state index contributed by atoms with van der Waals surface area (Å²) in [6.45, 7) is 3.90. The van der Waals surface area contributed by atoms with Crippen LogP contribution in [0, 0.1) is 0 Å². The van der Waals surface area contributed by atoms with Gasteiger partial charge in [0, 0.05) is 11.0 Å². The molecule has 0 aliphatic carbocycles. The molecule has 1 aromatic heterocycles. The van der Waals surface area contributed by atoms with E-state index in [1.807, 2.05) is 11.4 Å². The summed E-state index contributed by atoms with van der Waals surface area (Å²) >= 11 is 4.83. The van der Waals surface area contributed by atoms with Gasteiger partial charge < -0.3 is 10.6 Å². The summed E-state index contributed by atoms with van der Waals surface area (Å²) in [6.07, 6.45) is 0.988. The summed E-state index contributed by atoms with van der Waals surface area (Å²) in [5, 5.41) is 8.24. The third-order valence-corrected chi connectivity index (χ3v) is 4.44. The molecule has 2 rings (SSSR count). The quantitative estimate of drug-likeness (QED) is 0.874. The molecule has 82 valence electrons. The first-order valence-electron chi connectivity index (χ1n) is 4.87. The van der Waals surface area contributed by atoms with E-state index in [0.717, 1.165) is 28.9 Å². The van der Waals surface area contributed by atoms with Crippen LogP contribution in [0.1, 0.15) is 23.0 Å². The fourth-order valence-electron chi connectivity index (χ4n) is 1.71. The summed E-state index contributed by atoms with van der Waals surface area (Å²) in [4.78, 5) is 12.7. The van der Waals surface area contributed by atoms with Crippen molar-refractivity contribution in [3.8, 4) is 0 Å². The first-order valence-corrected chi connectivity index (χ1v) is 6.54. The second-order valence-corrected chi connectivity index (χ2v) is 5.81. The van der Waals surface area contributed by atoms with Crippen molar-refractivity contribution in [2.24, 2.45) is 0 Å². The Balaban J connectivity index is 2.07. The standard InChI is InChI=1S/C10H13BrN2OS/c1-10(3-4-12-6-10)13-9(14)8-7(11)2-5-15-8/h2,5,12H,3-4,6H2,1H3,(H,13,14). The molecule has 1 atom stereocenters. The first kappa shape index (κ1) is 11.1. The molecule has 1 amide bonds. The maximum atomic E-state index is 11.9. The van der Waals surface area contributed by atoms with Gasteiger partial charge in [0.2, 0.25) is 0 Å². The van der Waals surface area contributed by atoms with Gasteiger partial charge >= 0.3 is 0 Å². The van der Waals surface area contributed by atoms with Crippen LogP contribution in [-0.2, 0) is 0 Å². The maximum Gasteiger partial charge on any atom is 0.262 e. The van der Waals surface area contributed by atoms with Crippen molar-refractivity contribution in [3.05, 3.63) is 20.8 Å². The normalized spacial score (nSPS) is 25.5. The lowest BCUT2D eigenvalue weighted by Crippen LogP contribution is -2.47. The van der Waals surface area contributed by atoms with E-state index in [-0.39, 0.29) is 11.4 Å². The molecule has 1 aromatic rings. The minimum atomic E-state index is -0.0967. The highest BCUT2D eigenvalue weighted by atomic mass is 79.9. The molecule has 0 bridgehead atoms. The molecule has 1 aliphatic rings. The molecular formula is C10H13BrN2OS. The maximum absolute atomic E-state index is 11.9. The molecule has 0 radical (unpaired) electrons. The predicted molar refractivity (Wildman–Crippen MR) is 65.4 cm³/mol. The molecule has 1 saturated heterocycles.